The van der Waals surface area contributed by atoms with Gasteiger partial charge in [-0.3, -0.25) is 4.79 Å². The van der Waals surface area contributed by atoms with Gasteiger partial charge in [0.1, 0.15) is 5.82 Å². The monoisotopic (exact) mass is 250 g/mol. The molecule has 1 heterocycles. The van der Waals surface area contributed by atoms with Crippen molar-refractivity contribution in [1.29, 1.82) is 0 Å². The molecule has 0 fully saturated rings. The van der Waals surface area contributed by atoms with Gasteiger partial charge in [0, 0.05) is 0 Å². The van der Waals surface area contributed by atoms with Crippen molar-refractivity contribution in [2.24, 2.45) is 0 Å². The number of nitrogens with zero attached hydrogens (tertiary/aromatic N) is 2. The third-order valence-electron chi connectivity index (χ3n) is 2.12. The first-order valence-electron chi connectivity index (χ1n) is 4.92. The zero-order valence-electron chi connectivity index (χ0n) is 9.02. The van der Waals surface area contributed by atoms with Crippen LogP contribution < -0.4 is 11.1 Å². The predicted octanol–water partition coefficient (Wildman–Crippen LogP) is 1.59. The second-order valence-corrected chi connectivity index (χ2v) is 3.40. The van der Waals surface area contributed by atoms with E-state index < -0.39 is 17.5 Å². The summed E-state index contributed by atoms with van der Waals surface area (Å²) in [5, 5.41) is 9.19. The van der Waals surface area contributed by atoms with Gasteiger partial charge in [-0.25, -0.2) is 8.78 Å². The minimum Gasteiger partial charge on any atom is -0.382 e. The van der Waals surface area contributed by atoms with E-state index in [-0.39, 0.29) is 17.2 Å². The van der Waals surface area contributed by atoms with Crippen molar-refractivity contribution in [1.82, 2.24) is 10.2 Å². The first kappa shape index (κ1) is 11.9. The SMILES string of the molecule is Nc1ccc(C(=O)Nc2cccc(F)c2F)nn1. The Morgan fingerprint density at radius 1 is 1.17 bits per heavy atom. The summed E-state index contributed by atoms with van der Waals surface area (Å²) in [6.45, 7) is 0. The third kappa shape index (κ3) is 2.40. The fraction of sp³-hybridized carbons (Fsp3) is 0. The Balaban J connectivity index is 2.21. The van der Waals surface area contributed by atoms with Crippen LogP contribution in [0, 0.1) is 11.6 Å². The number of hydrogen-bond donors (Lipinski definition) is 2. The molecule has 0 bridgehead atoms. The Bertz CT molecular complexity index is 586. The maximum atomic E-state index is 13.3. The summed E-state index contributed by atoms with van der Waals surface area (Å²) in [6.07, 6.45) is 0. The topological polar surface area (TPSA) is 80.9 Å². The van der Waals surface area contributed by atoms with Crippen molar-refractivity contribution in [3.63, 3.8) is 0 Å². The minimum atomic E-state index is -1.13. The van der Waals surface area contributed by atoms with Crippen LogP contribution in [0.5, 0.6) is 0 Å². The van der Waals surface area contributed by atoms with Crippen LogP contribution in [0.25, 0.3) is 0 Å². The maximum absolute atomic E-state index is 13.3. The van der Waals surface area contributed by atoms with Gasteiger partial charge in [0.25, 0.3) is 5.91 Å². The van der Waals surface area contributed by atoms with E-state index in [1.165, 1.54) is 24.3 Å². The zero-order chi connectivity index (χ0) is 13.1. The standard InChI is InChI=1S/C11H8F2N4O/c12-6-2-1-3-7(10(6)13)15-11(18)8-4-5-9(14)17-16-8/h1-5H,(H2,14,17)(H,15,18). The van der Waals surface area contributed by atoms with Crippen LogP contribution in [0.4, 0.5) is 20.3 Å². The number of amides is 1. The van der Waals surface area contributed by atoms with E-state index in [0.717, 1.165) is 6.07 Å². The van der Waals surface area contributed by atoms with Gasteiger partial charge < -0.3 is 11.1 Å². The average Bonchev–Trinajstić information content (AvgIpc) is 2.36. The number of halogens is 2. The van der Waals surface area contributed by atoms with Crippen molar-refractivity contribution in [3.05, 3.63) is 47.7 Å². The normalized spacial score (nSPS) is 10.1. The van der Waals surface area contributed by atoms with E-state index in [1.54, 1.807) is 0 Å². The predicted molar refractivity (Wildman–Crippen MR) is 60.8 cm³/mol. The lowest BCUT2D eigenvalue weighted by Crippen LogP contribution is -2.15. The van der Waals surface area contributed by atoms with Crippen LogP contribution >= 0.6 is 0 Å². The van der Waals surface area contributed by atoms with Gasteiger partial charge >= 0.3 is 0 Å². The molecule has 5 nitrogen and oxygen atoms in total. The van der Waals surface area contributed by atoms with Gasteiger partial charge in [-0.1, -0.05) is 6.07 Å². The largest absolute Gasteiger partial charge is 0.382 e. The number of hydrogen-bond acceptors (Lipinski definition) is 4. The lowest BCUT2D eigenvalue weighted by atomic mass is 10.2. The molecule has 0 spiro atoms. The summed E-state index contributed by atoms with van der Waals surface area (Å²) >= 11 is 0. The fourth-order valence-corrected chi connectivity index (χ4v) is 1.25. The van der Waals surface area contributed by atoms with E-state index in [1.807, 2.05) is 0 Å². The summed E-state index contributed by atoms with van der Waals surface area (Å²) < 4.78 is 26.2. The van der Waals surface area contributed by atoms with Gasteiger partial charge in [-0.15, -0.1) is 10.2 Å². The molecule has 0 aliphatic carbocycles. The molecule has 2 aromatic rings. The van der Waals surface area contributed by atoms with Gasteiger partial charge in [0.05, 0.1) is 5.69 Å². The maximum Gasteiger partial charge on any atom is 0.276 e. The molecule has 2 rings (SSSR count). The van der Waals surface area contributed by atoms with Crippen LogP contribution in [0.2, 0.25) is 0 Å². The number of nitrogens with one attached hydrogen (secondary N) is 1. The number of aromatic nitrogens is 2. The average molecular weight is 250 g/mol. The molecule has 0 atom stereocenters. The highest BCUT2D eigenvalue weighted by atomic mass is 19.2. The molecule has 0 aliphatic rings. The van der Waals surface area contributed by atoms with Gasteiger partial charge in [-0.05, 0) is 24.3 Å². The number of nitrogen functional groups attached to an aromatic ring is 1. The molecule has 92 valence electrons. The third-order valence-corrected chi connectivity index (χ3v) is 2.12. The van der Waals surface area contributed by atoms with E-state index in [4.69, 9.17) is 5.73 Å². The summed E-state index contributed by atoms with van der Waals surface area (Å²) in [4.78, 5) is 11.6. The van der Waals surface area contributed by atoms with Crippen LogP contribution in [0.15, 0.2) is 30.3 Å². The van der Waals surface area contributed by atoms with Crippen LogP contribution in [0.1, 0.15) is 10.5 Å². The second-order valence-electron chi connectivity index (χ2n) is 3.40. The first-order valence-corrected chi connectivity index (χ1v) is 4.92. The number of carbonyl (C=O) groups is 1. The zero-order valence-corrected chi connectivity index (χ0v) is 9.02. The molecule has 1 amide bonds. The second kappa shape index (κ2) is 4.74. The number of nitrogens with two attached hydrogens (primary N) is 1. The number of anilines is 2. The van der Waals surface area contributed by atoms with Crippen molar-refractivity contribution in [3.8, 4) is 0 Å². The molecule has 0 aliphatic heterocycles. The minimum absolute atomic E-state index is 0.0483. The van der Waals surface area contributed by atoms with E-state index in [0.29, 0.717) is 0 Å². The van der Waals surface area contributed by atoms with Crippen LogP contribution in [-0.4, -0.2) is 16.1 Å². The molecule has 7 heteroatoms. The lowest BCUT2D eigenvalue weighted by molar-refractivity contribution is 0.102. The Hall–Kier alpha value is -2.57. The van der Waals surface area contributed by atoms with Crippen LogP contribution in [-0.2, 0) is 0 Å². The first-order chi connectivity index (χ1) is 8.58. The molecule has 0 saturated heterocycles. The highest BCUT2D eigenvalue weighted by molar-refractivity contribution is 6.02. The van der Waals surface area contributed by atoms with Crippen molar-refractivity contribution in [2.45, 2.75) is 0 Å². The van der Waals surface area contributed by atoms with Gasteiger partial charge in [-0.2, -0.15) is 0 Å². The summed E-state index contributed by atoms with van der Waals surface area (Å²) in [5.41, 5.74) is 5.00. The Morgan fingerprint density at radius 3 is 2.61 bits per heavy atom. The Morgan fingerprint density at radius 2 is 1.94 bits per heavy atom. The quantitative estimate of drug-likeness (QED) is 0.848. The molecule has 1 aromatic carbocycles. The molecule has 1 aromatic heterocycles. The van der Waals surface area contributed by atoms with Crippen molar-refractivity contribution >= 4 is 17.4 Å². The number of carbonyl (C=O) groups excluding carboxylic acids is 1. The highest BCUT2D eigenvalue weighted by Gasteiger charge is 2.13. The number of benzene rings is 1. The molecule has 3 N–H and O–H groups in total. The summed E-state index contributed by atoms with van der Waals surface area (Å²) in [7, 11) is 0. The molecular weight excluding hydrogens is 242 g/mol. The van der Waals surface area contributed by atoms with Crippen molar-refractivity contribution < 1.29 is 13.6 Å². The lowest BCUT2D eigenvalue weighted by Gasteiger charge is -2.05. The molecule has 0 saturated carbocycles. The molecular formula is C11H8F2N4O. The van der Waals surface area contributed by atoms with E-state index in [2.05, 4.69) is 15.5 Å². The van der Waals surface area contributed by atoms with Crippen molar-refractivity contribution in [2.75, 3.05) is 11.1 Å². The molecule has 0 radical (unpaired) electrons. The van der Waals surface area contributed by atoms with Gasteiger partial charge in [0.15, 0.2) is 17.3 Å². The van der Waals surface area contributed by atoms with E-state index in [9.17, 15) is 13.6 Å². The van der Waals surface area contributed by atoms with E-state index >= 15 is 0 Å². The summed E-state index contributed by atoms with van der Waals surface area (Å²) in [6, 6.07) is 6.18. The smallest absolute Gasteiger partial charge is 0.276 e. The molecule has 18 heavy (non-hydrogen) atoms. The Kier molecular flexibility index (Phi) is 3.13. The van der Waals surface area contributed by atoms with Crippen LogP contribution in [0.3, 0.4) is 0 Å². The summed E-state index contributed by atoms with van der Waals surface area (Å²) in [5.74, 6) is -2.72. The highest BCUT2D eigenvalue weighted by Crippen LogP contribution is 2.17. The number of rotatable bonds is 2. The molecule has 0 unspecified atom stereocenters. The Labute approximate surface area is 101 Å². The fourth-order valence-electron chi connectivity index (χ4n) is 1.25. The van der Waals surface area contributed by atoms with Gasteiger partial charge in [0.2, 0.25) is 0 Å².